The van der Waals surface area contributed by atoms with Gasteiger partial charge < -0.3 is 15.4 Å². The molecule has 1 fully saturated rings. The summed E-state index contributed by atoms with van der Waals surface area (Å²) < 4.78 is 5.60. The zero-order chi connectivity index (χ0) is 23.2. The number of amides is 1. The summed E-state index contributed by atoms with van der Waals surface area (Å²) in [5.74, 6) is 0.770. The Morgan fingerprint density at radius 1 is 0.912 bits per heavy atom. The Kier molecular flexibility index (Phi) is 7.06. The standard InChI is InChI=1S/C30H32N2O2/c33-30(34-21-29-27-10-3-1-8-25(27)26-9-2-4-11-28(26)29)32-18-6-5-7-22-12-14-23(15-13-22)24-16-19-31-20-17-24/h1-5,7-15,24,29,31H,6,16-21H2,(H,32,33). The fourth-order valence-corrected chi connectivity index (χ4v) is 5.16. The number of hydrogen-bond donors (Lipinski definition) is 2. The van der Waals surface area contributed by atoms with Crippen LogP contribution in [0.1, 0.15) is 53.4 Å². The summed E-state index contributed by atoms with van der Waals surface area (Å²) >= 11 is 0. The van der Waals surface area contributed by atoms with E-state index in [-0.39, 0.29) is 12.0 Å². The van der Waals surface area contributed by atoms with Gasteiger partial charge in [0, 0.05) is 12.5 Å². The number of carbonyl (C=O) groups excluding carboxylic acids is 1. The Morgan fingerprint density at radius 3 is 2.24 bits per heavy atom. The Balaban J connectivity index is 1.07. The van der Waals surface area contributed by atoms with Gasteiger partial charge in [0.2, 0.25) is 0 Å². The predicted molar refractivity (Wildman–Crippen MR) is 138 cm³/mol. The van der Waals surface area contributed by atoms with Gasteiger partial charge >= 0.3 is 6.09 Å². The lowest BCUT2D eigenvalue weighted by Crippen LogP contribution is -2.26. The molecule has 0 bridgehead atoms. The number of rotatable bonds is 7. The largest absolute Gasteiger partial charge is 0.449 e. The maximum absolute atomic E-state index is 12.3. The van der Waals surface area contributed by atoms with Gasteiger partial charge in [0.1, 0.15) is 6.61 Å². The first-order valence-electron chi connectivity index (χ1n) is 12.4. The van der Waals surface area contributed by atoms with Gasteiger partial charge in [-0.25, -0.2) is 4.79 Å². The summed E-state index contributed by atoms with van der Waals surface area (Å²) in [6.07, 6.45) is 7.06. The number of fused-ring (bicyclic) bond motifs is 3. The average Bonchev–Trinajstić information content (AvgIpc) is 3.22. The van der Waals surface area contributed by atoms with Crippen LogP contribution < -0.4 is 10.6 Å². The molecule has 0 spiro atoms. The lowest BCUT2D eigenvalue weighted by atomic mass is 9.90. The summed E-state index contributed by atoms with van der Waals surface area (Å²) in [7, 11) is 0. The molecular weight excluding hydrogens is 420 g/mol. The molecule has 1 amide bonds. The van der Waals surface area contributed by atoms with Crippen molar-refractivity contribution in [2.45, 2.75) is 31.1 Å². The highest BCUT2D eigenvalue weighted by molar-refractivity contribution is 5.79. The smallest absolute Gasteiger partial charge is 0.407 e. The molecule has 0 saturated carbocycles. The third kappa shape index (κ3) is 5.07. The molecule has 174 valence electrons. The second kappa shape index (κ2) is 10.7. The normalized spacial score (nSPS) is 15.8. The van der Waals surface area contributed by atoms with E-state index < -0.39 is 0 Å². The summed E-state index contributed by atoms with van der Waals surface area (Å²) in [6.45, 7) is 3.13. The van der Waals surface area contributed by atoms with Crippen LogP contribution in [0.4, 0.5) is 4.79 Å². The third-order valence-electron chi connectivity index (χ3n) is 6.98. The van der Waals surface area contributed by atoms with Gasteiger partial charge in [0.25, 0.3) is 0 Å². The lowest BCUT2D eigenvalue weighted by Gasteiger charge is -2.22. The summed E-state index contributed by atoms with van der Waals surface area (Å²) in [5.41, 5.74) is 7.56. The Bertz CT molecular complexity index is 1100. The topological polar surface area (TPSA) is 50.4 Å². The van der Waals surface area contributed by atoms with Crippen molar-refractivity contribution in [2.75, 3.05) is 26.2 Å². The summed E-state index contributed by atoms with van der Waals surface area (Å²) in [6, 6.07) is 25.6. The van der Waals surface area contributed by atoms with Crippen molar-refractivity contribution in [3.63, 3.8) is 0 Å². The predicted octanol–water partition coefficient (Wildman–Crippen LogP) is 6.10. The van der Waals surface area contributed by atoms with Crippen LogP contribution >= 0.6 is 0 Å². The van der Waals surface area contributed by atoms with E-state index in [1.165, 1.54) is 46.2 Å². The van der Waals surface area contributed by atoms with Gasteiger partial charge in [0.05, 0.1) is 0 Å². The molecule has 1 aliphatic carbocycles. The second-order valence-corrected chi connectivity index (χ2v) is 9.13. The van der Waals surface area contributed by atoms with Crippen LogP contribution in [0, 0.1) is 0 Å². The highest BCUT2D eigenvalue weighted by Gasteiger charge is 2.28. The van der Waals surface area contributed by atoms with E-state index in [0.29, 0.717) is 19.1 Å². The molecule has 4 nitrogen and oxygen atoms in total. The molecule has 1 heterocycles. The number of benzene rings is 3. The van der Waals surface area contributed by atoms with E-state index >= 15 is 0 Å². The van der Waals surface area contributed by atoms with E-state index in [9.17, 15) is 4.79 Å². The van der Waals surface area contributed by atoms with Crippen molar-refractivity contribution in [1.29, 1.82) is 0 Å². The molecule has 3 aromatic rings. The highest BCUT2D eigenvalue weighted by Crippen LogP contribution is 2.44. The van der Waals surface area contributed by atoms with Gasteiger partial charge in [0.15, 0.2) is 0 Å². The summed E-state index contributed by atoms with van der Waals surface area (Å²) in [5, 5.41) is 6.30. The number of ether oxygens (including phenoxy) is 1. The zero-order valence-electron chi connectivity index (χ0n) is 19.5. The minimum absolute atomic E-state index is 0.0888. The van der Waals surface area contributed by atoms with Crippen LogP contribution in [-0.2, 0) is 4.74 Å². The minimum Gasteiger partial charge on any atom is -0.449 e. The monoisotopic (exact) mass is 452 g/mol. The molecule has 2 aliphatic rings. The molecule has 0 unspecified atom stereocenters. The molecule has 1 saturated heterocycles. The Hall–Kier alpha value is -3.37. The summed E-state index contributed by atoms with van der Waals surface area (Å²) in [4.78, 5) is 12.3. The molecule has 0 radical (unpaired) electrons. The molecule has 0 atom stereocenters. The van der Waals surface area contributed by atoms with Gasteiger partial charge in [-0.15, -0.1) is 0 Å². The molecule has 1 aliphatic heterocycles. The first-order valence-corrected chi connectivity index (χ1v) is 12.4. The van der Waals surface area contributed by atoms with E-state index in [4.69, 9.17) is 4.74 Å². The maximum atomic E-state index is 12.3. The van der Waals surface area contributed by atoms with Crippen molar-refractivity contribution in [3.8, 4) is 11.1 Å². The fourth-order valence-electron chi connectivity index (χ4n) is 5.16. The molecule has 0 aromatic heterocycles. The molecule has 3 aromatic carbocycles. The number of piperidine rings is 1. The van der Waals surface area contributed by atoms with Crippen LogP contribution in [0.15, 0.2) is 78.9 Å². The van der Waals surface area contributed by atoms with E-state index in [1.807, 2.05) is 12.1 Å². The van der Waals surface area contributed by atoms with E-state index in [0.717, 1.165) is 19.5 Å². The quantitative estimate of drug-likeness (QED) is 0.426. The fraction of sp³-hybridized carbons (Fsp3) is 0.300. The number of carbonyl (C=O) groups is 1. The average molecular weight is 453 g/mol. The van der Waals surface area contributed by atoms with Crippen molar-refractivity contribution < 1.29 is 9.53 Å². The molecule has 5 rings (SSSR count). The molecular formula is C30H32N2O2. The highest BCUT2D eigenvalue weighted by atomic mass is 16.5. The molecule has 2 N–H and O–H groups in total. The van der Waals surface area contributed by atoms with Crippen LogP contribution in [0.2, 0.25) is 0 Å². The van der Waals surface area contributed by atoms with Crippen molar-refractivity contribution >= 4 is 12.2 Å². The van der Waals surface area contributed by atoms with Crippen LogP contribution in [0.5, 0.6) is 0 Å². The van der Waals surface area contributed by atoms with Crippen molar-refractivity contribution in [2.24, 2.45) is 0 Å². The van der Waals surface area contributed by atoms with E-state index in [2.05, 4.69) is 83.4 Å². The molecule has 34 heavy (non-hydrogen) atoms. The minimum atomic E-state index is -0.360. The van der Waals surface area contributed by atoms with Crippen LogP contribution in [-0.4, -0.2) is 32.3 Å². The van der Waals surface area contributed by atoms with Gasteiger partial charge in [-0.3, -0.25) is 0 Å². The maximum Gasteiger partial charge on any atom is 0.407 e. The lowest BCUT2D eigenvalue weighted by molar-refractivity contribution is 0.143. The van der Waals surface area contributed by atoms with Gasteiger partial charge in [-0.1, -0.05) is 84.9 Å². The van der Waals surface area contributed by atoms with Crippen molar-refractivity contribution in [1.82, 2.24) is 10.6 Å². The van der Waals surface area contributed by atoms with Gasteiger partial charge in [-0.2, -0.15) is 0 Å². The number of nitrogens with one attached hydrogen (secondary N) is 2. The Morgan fingerprint density at radius 2 is 1.56 bits per heavy atom. The number of hydrogen-bond acceptors (Lipinski definition) is 3. The van der Waals surface area contributed by atoms with Crippen LogP contribution in [0.25, 0.3) is 17.2 Å². The van der Waals surface area contributed by atoms with E-state index in [1.54, 1.807) is 0 Å². The van der Waals surface area contributed by atoms with Gasteiger partial charge in [-0.05, 0) is 71.7 Å². The second-order valence-electron chi connectivity index (χ2n) is 9.13. The van der Waals surface area contributed by atoms with Crippen molar-refractivity contribution in [3.05, 3.63) is 101 Å². The first kappa shape index (κ1) is 22.4. The Labute approximate surface area is 202 Å². The molecule has 4 heteroatoms. The number of alkyl carbamates (subject to hydrolysis) is 1. The zero-order valence-corrected chi connectivity index (χ0v) is 19.5. The first-order chi connectivity index (χ1) is 16.8. The van der Waals surface area contributed by atoms with Crippen LogP contribution in [0.3, 0.4) is 0 Å². The SMILES string of the molecule is O=C(NCCC=Cc1ccc(C2CCNCC2)cc1)OCC1c2ccccc2-c2ccccc21. The third-order valence-corrected chi connectivity index (χ3v) is 6.98.